The van der Waals surface area contributed by atoms with Crippen LogP contribution in [0.25, 0.3) is 0 Å². The predicted octanol–water partition coefficient (Wildman–Crippen LogP) is 3.86. The van der Waals surface area contributed by atoms with E-state index in [1.807, 2.05) is 39.8 Å². The lowest BCUT2D eigenvalue weighted by atomic mass is 9.96. The number of phenolic OH excluding ortho intramolecular Hbond substituents is 2. The topological polar surface area (TPSA) is 57.5 Å². The maximum Gasteiger partial charge on any atom is 0.126 e. The molecular formula is C18H24O3. The van der Waals surface area contributed by atoms with Gasteiger partial charge in [-0.05, 0) is 52.2 Å². The van der Waals surface area contributed by atoms with E-state index in [1.165, 1.54) is 0 Å². The number of aromatic hydroxyl groups is 2. The molecule has 0 radical (unpaired) electrons. The molecule has 0 atom stereocenters. The molecule has 3 heteroatoms. The van der Waals surface area contributed by atoms with Crippen LogP contribution in [0.1, 0.15) is 44.4 Å². The number of aldehydes is 1. The zero-order valence-electron chi connectivity index (χ0n) is 13.2. The molecule has 1 aromatic rings. The van der Waals surface area contributed by atoms with Gasteiger partial charge < -0.3 is 15.0 Å². The Kier molecular flexibility index (Phi) is 6.22. The molecule has 0 bridgehead atoms. The van der Waals surface area contributed by atoms with Crippen molar-refractivity contribution in [3.8, 4) is 11.5 Å². The lowest BCUT2D eigenvalue weighted by Crippen LogP contribution is -1.97. The Labute approximate surface area is 126 Å². The standard InChI is InChI=1S/C18H24O3/c1-12(2)5-7-14-11-15(9-10-19)18(21)16(17(14)20)8-6-13(3)4/h5-6,10-11,20-21H,7-9H2,1-4H3. The maximum absolute atomic E-state index is 10.8. The van der Waals surface area contributed by atoms with Crippen LogP contribution in [0.2, 0.25) is 0 Å². The number of phenols is 2. The Bertz CT molecular complexity index is 573. The molecule has 0 unspecified atom stereocenters. The summed E-state index contributed by atoms with van der Waals surface area (Å²) in [7, 11) is 0. The molecule has 1 aromatic carbocycles. The van der Waals surface area contributed by atoms with Crippen molar-refractivity contribution in [1.82, 2.24) is 0 Å². The number of hydrogen-bond acceptors (Lipinski definition) is 3. The summed E-state index contributed by atoms with van der Waals surface area (Å²) < 4.78 is 0. The van der Waals surface area contributed by atoms with E-state index in [1.54, 1.807) is 6.07 Å². The number of carbonyl (C=O) groups is 1. The predicted molar refractivity (Wildman–Crippen MR) is 85.8 cm³/mol. The van der Waals surface area contributed by atoms with Crippen molar-refractivity contribution in [1.29, 1.82) is 0 Å². The maximum atomic E-state index is 10.8. The van der Waals surface area contributed by atoms with Crippen molar-refractivity contribution in [2.45, 2.75) is 47.0 Å². The first kappa shape index (κ1) is 17.0. The number of carbonyl (C=O) groups excluding carboxylic acids is 1. The van der Waals surface area contributed by atoms with Crippen LogP contribution in [0, 0.1) is 0 Å². The lowest BCUT2D eigenvalue weighted by Gasteiger charge is -2.14. The molecule has 0 aromatic heterocycles. The van der Waals surface area contributed by atoms with Crippen molar-refractivity contribution < 1.29 is 15.0 Å². The fourth-order valence-electron chi connectivity index (χ4n) is 2.06. The molecule has 2 N–H and O–H groups in total. The highest BCUT2D eigenvalue weighted by molar-refractivity contribution is 5.62. The Hall–Kier alpha value is -2.03. The van der Waals surface area contributed by atoms with Gasteiger partial charge >= 0.3 is 0 Å². The summed E-state index contributed by atoms with van der Waals surface area (Å²) in [6, 6.07) is 1.71. The van der Waals surface area contributed by atoms with E-state index in [9.17, 15) is 15.0 Å². The molecule has 0 aliphatic carbocycles. The zero-order valence-corrected chi connectivity index (χ0v) is 13.2. The van der Waals surface area contributed by atoms with Gasteiger partial charge in [-0.3, -0.25) is 0 Å². The minimum Gasteiger partial charge on any atom is -0.507 e. The van der Waals surface area contributed by atoms with Crippen LogP contribution in [-0.2, 0) is 24.1 Å². The Balaban J connectivity index is 3.34. The SMILES string of the molecule is CC(C)=CCc1cc(CC=O)c(O)c(CC=C(C)C)c1O. The monoisotopic (exact) mass is 288 g/mol. The zero-order chi connectivity index (χ0) is 16.0. The minimum absolute atomic E-state index is 0.0260. The normalized spacial score (nSPS) is 10.1. The Morgan fingerprint density at radius 1 is 0.905 bits per heavy atom. The van der Waals surface area contributed by atoms with E-state index < -0.39 is 0 Å². The molecule has 0 saturated carbocycles. The molecule has 0 heterocycles. The van der Waals surface area contributed by atoms with Gasteiger partial charge in [0.2, 0.25) is 0 Å². The van der Waals surface area contributed by atoms with Crippen LogP contribution in [-0.4, -0.2) is 16.5 Å². The Morgan fingerprint density at radius 2 is 1.38 bits per heavy atom. The van der Waals surface area contributed by atoms with Crippen LogP contribution in [0.15, 0.2) is 29.4 Å². The van der Waals surface area contributed by atoms with Gasteiger partial charge in [-0.1, -0.05) is 23.3 Å². The van der Waals surface area contributed by atoms with Crippen LogP contribution < -0.4 is 0 Å². The van der Waals surface area contributed by atoms with Gasteiger partial charge in [0.1, 0.15) is 17.8 Å². The molecule has 3 nitrogen and oxygen atoms in total. The summed E-state index contributed by atoms with van der Waals surface area (Å²) in [5.74, 6) is 0.148. The van der Waals surface area contributed by atoms with E-state index in [-0.39, 0.29) is 17.9 Å². The highest BCUT2D eigenvalue weighted by Gasteiger charge is 2.15. The summed E-state index contributed by atoms with van der Waals surface area (Å²) >= 11 is 0. The van der Waals surface area contributed by atoms with E-state index in [4.69, 9.17) is 0 Å². The van der Waals surface area contributed by atoms with E-state index in [2.05, 4.69) is 0 Å². The lowest BCUT2D eigenvalue weighted by molar-refractivity contribution is -0.107. The molecule has 0 fully saturated rings. The third-order valence-corrected chi connectivity index (χ3v) is 3.28. The number of allylic oxidation sites excluding steroid dienone is 4. The fraction of sp³-hybridized carbons (Fsp3) is 0.389. The van der Waals surface area contributed by atoms with Gasteiger partial charge in [-0.15, -0.1) is 0 Å². The quantitative estimate of drug-likeness (QED) is 0.617. The smallest absolute Gasteiger partial charge is 0.126 e. The first-order chi connectivity index (χ1) is 9.86. The molecule has 21 heavy (non-hydrogen) atoms. The minimum atomic E-state index is 0.0260. The number of hydrogen-bond donors (Lipinski definition) is 2. The molecule has 0 aliphatic heterocycles. The molecule has 0 spiro atoms. The van der Waals surface area contributed by atoms with Crippen LogP contribution in [0.5, 0.6) is 11.5 Å². The number of rotatable bonds is 6. The average molecular weight is 288 g/mol. The van der Waals surface area contributed by atoms with Gasteiger partial charge in [0.05, 0.1) is 0 Å². The third-order valence-electron chi connectivity index (χ3n) is 3.28. The fourth-order valence-corrected chi connectivity index (χ4v) is 2.06. The van der Waals surface area contributed by atoms with E-state index in [0.29, 0.717) is 24.0 Å². The van der Waals surface area contributed by atoms with Crippen molar-refractivity contribution in [3.63, 3.8) is 0 Å². The van der Waals surface area contributed by atoms with Crippen LogP contribution in [0.3, 0.4) is 0 Å². The third kappa shape index (κ3) is 4.78. The summed E-state index contributed by atoms with van der Waals surface area (Å²) in [4.78, 5) is 10.8. The van der Waals surface area contributed by atoms with E-state index in [0.717, 1.165) is 23.0 Å². The van der Waals surface area contributed by atoms with Gasteiger partial charge in [0.25, 0.3) is 0 Å². The highest BCUT2D eigenvalue weighted by atomic mass is 16.3. The highest BCUT2D eigenvalue weighted by Crippen LogP contribution is 2.35. The molecule has 0 saturated heterocycles. The van der Waals surface area contributed by atoms with Gasteiger partial charge in [0, 0.05) is 17.5 Å². The first-order valence-electron chi connectivity index (χ1n) is 7.12. The van der Waals surface area contributed by atoms with E-state index >= 15 is 0 Å². The second kappa shape index (κ2) is 7.67. The van der Waals surface area contributed by atoms with Gasteiger partial charge in [-0.2, -0.15) is 0 Å². The molecule has 1 rings (SSSR count). The second-order valence-corrected chi connectivity index (χ2v) is 5.71. The summed E-state index contributed by atoms with van der Waals surface area (Å²) in [5.41, 5.74) is 4.07. The number of benzene rings is 1. The molecule has 114 valence electrons. The van der Waals surface area contributed by atoms with Crippen molar-refractivity contribution in [2.75, 3.05) is 0 Å². The van der Waals surface area contributed by atoms with Gasteiger partial charge in [-0.25, -0.2) is 0 Å². The van der Waals surface area contributed by atoms with Crippen LogP contribution >= 0.6 is 0 Å². The van der Waals surface area contributed by atoms with Crippen molar-refractivity contribution in [3.05, 3.63) is 46.1 Å². The molecule has 0 amide bonds. The van der Waals surface area contributed by atoms with Gasteiger partial charge in [0.15, 0.2) is 0 Å². The van der Waals surface area contributed by atoms with Crippen molar-refractivity contribution >= 4 is 6.29 Å². The summed E-state index contributed by atoms with van der Waals surface area (Å²) in [5, 5.41) is 20.6. The molecule has 0 aliphatic rings. The van der Waals surface area contributed by atoms with Crippen LogP contribution in [0.4, 0.5) is 0 Å². The second-order valence-electron chi connectivity index (χ2n) is 5.71. The first-order valence-corrected chi connectivity index (χ1v) is 7.12. The molecular weight excluding hydrogens is 264 g/mol. The Morgan fingerprint density at radius 3 is 1.86 bits per heavy atom. The summed E-state index contributed by atoms with van der Waals surface area (Å²) in [6.45, 7) is 7.92. The average Bonchev–Trinajstić information content (AvgIpc) is 2.40. The van der Waals surface area contributed by atoms with Crippen molar-refractivity contribution in [2.24, 2.45) is 0 Å². The summed E-state index contributed by atoms with van der Waals surface area (Å²) in [6.07, 6.45) is 5.92. The largest absolute Gasteiger partial charge is 0.507 e.